The van der Waals surface area contributed by atoms with Crippen molar-refractivity contribution in [3.8, 4) is 11.1 Å². The number of pyridine rings is 2. The number of aromatic nitrogens is 2. The predicted octanol–water partition coefficient (Wildman–Crippen LogP) is 4.13. The quantitative estimate of drug-likeness (QED) is 0.668. The summed E-state index contributed by atoms with van der Waals surface area (Å²) in [6, 6.07) is 7.15. The van der Waals surface area contributed by atoms with Crippen LogP contribution in [0, 0.1) is 0 Å². The molecule has 0 amide bonds. The van der Waals surface area contributed by atoms with Crippen LogP contribution in [-0.4, -0.2) is 16.3 Å². The molecule has 6 heteroatoms. The number of carbonyl (C=O) groups is 1. The maximum atomic E-state index is 13.1. The van der Waals surface area contributed by atoms with Gasteiger partial charge in [-0.15, -0.1) is 0 Å². The first-order chi connectivity index (χ1) is 10.5. The number of hydrogen-bond acceptors (Lipinski definition) is 3. The number of nitrogens with zero attached hydrogens (tertiary/aromatic N) is 2. The van der Waals surface area contributed by atoms with Crippen molar-refractivity contribution in [2.24, 2.45) is 0 Å². The molecule has 0 fully saturated rings. The lowest BCUT2D eigenvalue weighted by atomic mass is 9.96. The Balaban J connectivity index is 2.42. The van der Waals surface area contributed by atoms with Crippen molar-refractivity contribution in [2.75, 3.05) is 0 Å². The zero-order valence-corrected chi connectivity index (χ0v) is 11.1. The molecule has 0 saturated carbocycles. The lowest BCUT2D eigenvalue weighted by Crippen LogP contribution is -2.07. The van der Waals surface area contributed by atoms with E-state index in [-0.39, 0.29) is 16.5 Å². The minimum absolute atomic E-state index is 0.181. The summed E-state index contributed by atoms with van der Waals surface area (Å²) in [4.78, 5) is 19.0. The van der Waals surface area contributed by atoms with Gasteiger partial charge in [-0.05, 0) is 12.1 Å². The topological polar surface area (TPSA) is 42.9 Å². The van der Waals surface area contributed by atoms with Crippen LogP contribution in [0.3, 0.4) is 0 Å². The number of benzene rings is 1. The van der Waals surface area contributed by atoms with Crippen molar-refractivity contribution >= 4 is 17.2 Å². The van der Waals surface area contributed by atoms with Crippen LogP contribution in [0.25, 0.3) is 22.0 Å². The Morgan fingerprint density at radius 2 is 1.86 bits per heavy atom. The Morgan fingerprint density at radius 1 is 1.05 bits per heavy atom. The third kappa shape index (κ3) is 2.32. The fourth-order valence-corrected chi connectivity index (χ4v) is 2.39. The van der Waals surface area contributed by atoms with Crippen LogP contribution in [0.1, 0.15) is 15.9 Å². The van der Waals surface area contributed by atoms with Gasteiger partial charge in [0.05, 0.1) is 11.1 Å². The van der Waals surface area contributed by atoms with Crippen molar-refractivity contribution in [1.82, 2.24) is 9.97 Å². The molecule has 2 aromatic heterocycles. The molecule has 0 atom stereocenters. The summed E-state index contributed by atoms with van der Waals surface area (Å²) in [5, 5.41) is 0.271. The van der Waals surface area contributed by atoms with Crippen molar-refractivity contribution < 1.29 is 18.0 Å². The van der Waals surface area contributed by atoms with E-state index in [0.717, 1.165) is 12.3 Å². The van der Waals surface area contributed by atoms with Gasteiger partial charge in [0.1, 0.15) is 0 Å². The van der Waals surface area contributed by atoms with Gasteiger partial charge in [0.25, 0.3) is 0 Å². The van der Waals surface area contributed by atoms with E-state index in [1.807, 2.05) is 0 Å². The number of alkyl halides is 3. The van der Waals surface area contributed by atoms with E-state index in [4.69, 9.17) is 0 Å². The van der Waals surface area contributed by atoms with Gasteiger partial charge in [-0.1, -0.05) is 18.2 Å². The summed E-state index contributed by atoms with van der Waals surface area (Å²) in [5.74, 6) is 0. The van der Waals surface area contributed by atoms with E-state index in [1.54, 1.807) is 18.3 Å². The number of carbonyl (C=O) groups excluding carboxylic acids is 1. The van der Waals surface area contributed by atoms with Crippen LogP contribution in [-0.2, 0) is 6.18 Å². The van der Waals surface area contributed by atoms with E-state index in [1.165, 1.54) is 18.3 Å². The molecular formula is C16H9F3N2O. The molecule has 1 aromatic carbocycles. The highest BCUT2D eigenvalue weighted by atomic mass is 19.4. The second-order valence-electron chi connectivity index (χ2n) is 4.65. The highest BCUT2D eigenvalue weighted by Crippen LogP contribution is 2.37. The Labute approximate surface area is 123 Å². The average Bonchev–Trinajstić information content (AvgIpc) is 2.53. The van der Waals surface area contributed by atoms with Gasteiger partial charge in [0, 0.05) is 40.7 Å². The highest BCUT2D eigenvalue weighted by Gasteiger charge is 2.33. The third-order valence-electron chi connectivity index (χ3n) is 3.31. The van der Waals surface area contributed by atoms with E-state index < -0.39 is 11.7 Å². The van der Waals surface area contributed by atoms with E-state index >= 15 is 0 Å². The summed E-state index contributed by atoms with van der Waals surface area (Å²) in [7, 11) is 0. The molecule has 22 heavy (non-hydrogen) atoms. The molecule has 0 radical (unpaired) electrons. The van der Waals surface area contributed by atoms with Crippen molar-refractivity contribution in [3.63, 3.8) is 0 Å². The van der Waals surface area contributed by atoms with Crippen LogP contribution < -0.4 is 0 Å². The lowest BCUT2D eigenvalue weighted by molar-refractivity contribution is -0.136. The molecule has 3 nitrogen and oxygen atoms in total. The summed E-state index contributed by atoms with van der Waals surface area (Å²) in [5.41, 5.74) is 0.183. The largest absolute Gasteiger partial charge is 0.418 e. The van der Waals surface area contributed by atoms with Gasteiger partial charge in [-0.25, -0.2) is 0 Å². The molecule has 3 rings (SSSR count). The molecule has 0 saturated heterocycles. The standard InChI is InChI=1S/C16H9F3N2O/c17-16(18,19)13-5-1-4-12-14(10-3-2-6-20-7-10)11(9-22)8-21-15(12)13/h1-9H. The molecule has 0 spiro atoms. The van der Waals surface area contributed by atoms with Crippen LogP contribution in [0.4, 0.5) is 13.2 Å². The molecule has 0 aliphatic carbocycles. The van der Waals surface area contributed by atoms with E-state index in [2.05, 4.69) is 9.97 Å². The SMILES string of the molecule is O=Cc1cnc2c(C(F)(F)F)cccc2c1-c1cccnc1. The molecule has 110 valence electrons. The van der Waals surface area contributed by atoms with E-state index in [0.29, 0.717) is 17.4 Å². The molecule has 0 unspecified atom stereocenters. The number of para-hydroxylation sites is 1. The zero-order valence-electron chi connectivity index (χ0n) is 11.1. The minimum Gasteiger partial charge on any atom is -0.298 e. The number of aldehydes is 1. The maximum Gasteiger partial charge on any atom is 0.418 e. The van der Waals surface area contributed by atoms with Gasteiger partial charge in [-0.2, -0.15) is 13.2 Å². The Morgan fingerprint density at radius 3 is 2.50 bits per heavy atom. The van der Waals surface area contributed by atoms with Crippen LogP contribution >= 0.6 is 0 Å². The monoisotopic (exact) mass is 302 g/mol. The second-order valence-corrected chi connectivity index (χ2v) is 4.65. The molecule has 0 bridgehead atoms. The van der Waals surface area contributed by atoms with Crippen molar-refractivity contribution in [2.45, 2.75) is 6.18 Å². The van der Waals surface area contributed by atoms with Gasteiger partial charge in [0.15, 0.2) is 6.29 Å². The fourth-order valence-electron chi connectivity index (χ4n) is 2.39. The predicted molar refractivity (Wildman–Crippen MR) is 75.4 cm³/mol. The van der Waals surface area contributed by atoms with Crippen molar-refractivity contribution in [1.29, 1.82) is 0 Å². The fraction of sp³-hybridized carbons (Fsp3) is 0.0625. The van der Waals surface area contributed by atoms with Crippen LogP contribution in [0.15, 0.2) is 48.9 Å². The Hall–Kier alpha value is -2.76. The summed E-state index contributed by atoms with van der Waals surface area (Å²) in [6.45, 7) is 0. The number of halogens is 3. The lowest BCUT2D eigenvalue weighted by Gasteiger charge is -2.13. The molecule has 0 aliphatic heterocycles. The first-order valence-electron chi connectivity index (χ1n) is 6.37. The van der Waals surface area contributed by atoms with Gasteiger partial charge < -0.3 is 0 Å². The average molecular weight is 302 g/mol. The Kier molecular flexibility index (Phi) is 3.36. The molecule has 0 aliphatic rings. The highest BCUT2D eigenvalue weighted by molar-refractivity contribution is 6.03. The summed E-state index contributed by atoms with van der Waals surface area (Å²) >= 11 is 0. The zero-order chi connectivity index (χ0) is 15.7. The normalized spacial score (nSPS) is 11.6. The number of rotatable bonds is 2. The molecule has 2 heterocycles. The molecular weight excluding hydrogens is 293 g/mol. The first kappa shape index (κ1) is 14.2. The Bertz CT molecular complexity index is 845. The smallest absolute Gasteiger partial charge is 0.298 e. The minimum atomic E-state index is -4.51. The number of hydrogen-bond donors (Lipinski definition) is 0. The van der Waals surface area contributed by atoms with Crippen LogP contribution in [0.5, 0.6) is 0 Å². The summed E-state index contributed by atoms with van der Waals surface area (Å²) in [6.07, 6.45) is 0.278. The van der Waals surface area contributed by atoms with Gasteiger partial charge in [0.2, 0.25) is 0 Å². The van der Waals surface area contributed by atoms with E-state index in [9.17, 15) is 18.0 Å². The third-order valence-corrected chi connectivity index (χ3v) is 3.31. The maximum absolute atomic E-state index is 13.1. The molecule has 3 aromatic rings. The molecule has 0 N–H and O–H groups in total. The first-order valence-corrected chi connectivity index (χ1v) is 6.37. The van der Waals surface area contributed by atoms with Gasteiger partial charge >= 0.3 is 6.18 Å². The van der Waals surface area contributed by atoms with Crippen LogP contribution in [0.2, 0.25) is 0 Å². The van der Waals surface area contributed by atoms with Gasteiger partial charge in [-0.3, -0.25) is 14.8 Å². The number of fused-ring (bicyclic) bond motifs is 1. The van der Waals surface area contributed by atoms with Crippen molar-refractivity contribution in [3.05, 3.63) is 60.0 Å². The second kappa shape index (κ2) is 5.22. The summed E-state index contributed by atoms with van der Waals surface area (Å²) < 4.78 is 39.3.